The topological polar surface area (TPSA) is 142 Å². The Bertz CT molecular complexity index is 773. The van der Waals surface area contributed by atoms with Gasteiger partial charge in [-0.3, -0.25) is 33.7 Å². The van der Waals surface area contributed by atoms with Crippen LogP contribution in [0.25, 0.3) is 0 Å². The quantitative estimate of drug-likeness (QED) is 0.116. The van der Waals surface area contributed by atoms with Gasteiger partial charge in [-0.05, 0) is 52.4 Å². The summed E-state index contributed by atoms with van der Waals surface area (Å²) in [6.45, 7) is 4.14. The molecule has 242 valence electrons. The zero-order valence-corrected chi connectivity index (χ0v) is 26.8. The number of ketones is 3. The first-order chi connectivity index (χ1) is 20.1. The first-order valence-corrected chi connectivity index (χ1v) is 16.0. The number of hydrogen-bond acceptors (Lipinski definition) is 7. The van der Waals surface area contributed by atoms with Crippen molar-refractivity contribution in [2.45, 2.75) is 135 Å². The predicted octanol–water partition coefficient (Wildman–Crippen LogP) is 4.03. The summed E-state index contributed by atoms with van der Waals surface area (Å²) in [6, 6.07) is 0.136. The number of nitrogens with one attached hydrogen (secondary N) is 3. The molecule has 3 amide bonds. The molecule has 0 rings (SSSR count). The van der Waals surface area contributed by atoms with Crippen LogP contribution in [-0.4, -0.2) is 79.7 Å². The van der Waals surface area contributed by atoms with E-state index in [9.17, 15) is 28.8 Å². The Labute approximate surface area is 253 Å². The van der Waals surface area contributed by atoms with E-state index in [2.05, 4.69) is 16.0 Å². The van der Waals surface area contributed by atoms with Crippen molar-refractivity contribution in [2.24, 2.45) is 0 Å². The van der Waals surface area contributed by atoms with Crippen LogP contribution in [0.4, 0.5) is 0 Å². The van der Waals surface area contributed by atoms with E-state index in [4.69, 9.17) is 0 Å². The van der Waals surface area contributed by atoms with Gasteiger partial charge in [0.25, 0.3) is 0 Å². The molecule has 0 heterocycles. The highest BCUT2D eigenvalue weighted by molar-refractivity contribution is 5.86. The number of carbonyl (C=O) groups is 6. The van der Waals surface area contributed by atoms with Crippen LogP contribution >= 0.6 is 0 Å². The van der Waals surface area contributed by atoms with Gasteiger partial charge in [0.2, 0.25) is 17.7 Å². The van der Waals surface area contributed by atoms with Gasteiger partial charge in [-0.15, -0.1) is 0 Å². The van der Waals surface area contributed by atoms with Crippen molar-refractivity contribution in [2.75, 3.05) is 33.7 Å². The SMILES string of the molecule is CNC(=O)CCCCCCC(=O)CN(CC(=O)CCCCCCC(=O)NC)CC(=O)CCCCCCC(=O)NC(C)C. The average molecular weight is 595 g/mol. The van der Waals surface area contributed by atoms with Crippen LogP contribution in [0.5, 0.6) is 0 Å². The van der Waals surface area contributed by atoms with Crippen LogP contribution in [0.2, 0.25) is 0 Å². The van der Waals surface area contributed by atoms with Crippen molar-refractivity contribution in [1.82, 2.24) is 20.9 Å². The van der Waals surface area contributed by atoms with E-state index in [1.54, 1.807) is 19.0 Å². The van der Waals surface area contributed by atoms with Crippen molar-refractivity contribution in [3.63, 3.8) is 0 Å². The van der Waals surface area contributed by atoms with Crippen LogP contribution < -0.4 is 16.0 Å². The van der Waals surface area contributed by atoms with Gasteiger partial charge < -0.3 is 16.0 Å². The Morgan fingerprint density at radius 2 is 0.738 bits per heavy atom. The molecule has 0 aliphatic rings. The van der Waals surface area contributed by atoms with Crippen LogP contribution in [-0.2, 0) is 28.8 Å². The lowest BCUT2D eigenvalue weighted by Gasteiger charge is -2.20. The molecule has 0 spiro atoms. The van der Waals surface area contributed by atoms with E-state index in [1.807, 2.05) is 13.8 Å². The van der Waals surface area contributed by atoms with Crippen LogP contribution in [0.3, 0.4) is 0 Å². The van der Waals surface area contributed by atoms with E-state index >= 15 is 0 Å². The van der Waals surface area contributed by atoms with Crippen LogP contribution in [0.1, 0.15) is 129 Å². The molecule has 0 aliphatic carbocycles. The maximum atomic E-state index is 12.7. The van der Waals surface area contributed by atoms with Crippen LogP contribution in [0.15, 0.2) is 0 Å². The molecule has 0 aromatic carbocycles. The summed E-state index contributed by atoms with van der Waals surface area (Å²) in [6.07, 6.45) is 12.5. The monoisotopic (exact) mass is 594 g/mol. The van der Waals surface area contributed by atoms with Gasteiger partial charge in [0.05, 0.1) is 19.6 Å². The van der Waals surface area contributed by atoms with E-state index in [1.165, 1.54) is 0 Å². The molecule has 0 bridgehead atoms. The highest BCUT2D eigenvalue weighted by Gasteiger charge is 2.18. The second kappa shape index (κ2) is 26.0. The molecule has 0 unspecified atom stereocenters. The molecule has 10 nitrogen and oxygen atoms in total. The summed E-state index contributed by atoms with van der Waals surface area (Å²) in [5.41, 5.74) is 0. The maximum Gasteiger partial charge on any atom is 0.220 e. The highest BCUT2D eigenvalue weighted by Crippen LogP contribution is 2.10. The molecule has 0 aliphatic heterocycles. The smallest absolute Gasteiger partial charge is 0.220 e. The maximum absolute atomic E-state index is 12.7. The normalized spacial score (nSPS) is 11.0. The van der Waals surface area contributed by atoms with E-state index < -0.39 is 0 Å². The Balaban J connectivity index is 4.55. The Kier molecular flexibility index (Phi) is 24.4. The summed E-state index contributed by atoms with van der Waals surface area (Å²) < 4.78 is 0. The minimum absolute atomic E-state index is 0.0222. The van der Waals surface area contributed by atoms with E-state index in [0.717, 1.165) is 77.0 Å². The molecular weight excluding hydrogens is 536 g/mol. The van der Waals surface area contributed by atoms with Crippen molar-refractivity contribution in [3.8, 4) is 0 Å². The predicted molar refractivity (Wildman–Crippen MR) is 166 cm³/mol. The summed E-state index contributed by atoms with van der Waals surface area (Å²) >= 11 is 0. The molecule has 10 heteroatoms. The minimum Gasteiger partial charge on any atom is -0.359 e. The molecule has 0 aromatic heterocycles. The summed E-state index contributed by atoms with van der Waals surface area (Å²) in [4.78, 5) is 74.1. The third-order valence-corrected chi connectivity index (χ3v) is 7.04. The van der Waals surface area contributed by atoms with Gasteiger partial charge >= 0.3 is 0 Å². The Morgan fingerprint density at radius 1 is 0.452 bits per heavy atom. The highest BCUT2D eigenvalue weighted by atomic mass is 16.2. The van der Waals surface area contributed by atoms with E-state index in [-0.39, 0.29) is 60.7 Å². The molecule has 42 heavy (non-hydrogen) atoms. The van der Waals surface area contributed by atoms with Gasteiger partial charge in [0.1, 0.15) is 17.3 Å². The Morgan fingerprint density at radius 3 is 1.02 bits per heavy atom. The van der Waals surface area contributed by atoms with Gasteiger partial charge in [-0.2, -0.15) is 0 Å². The van der Waals surface area contributed by atoms with Crippen LogP contribution in [0, 0.1) is 0 Å². The molecule has 3 N–H and O–H groups in total. The lowest BCUT2D eigenvalue weighted by atomic mass is 10.1. The van der Waals surface area contributed by atoms with Crippen molar-refractivity contribution in [1.29, 1.82) is 0 Å². The largest absolute Gasteiger partial charge is 0.359 e. The third-order valence-electron chi connectivity index (χ3n) is 7.04. The lowest BCUT2D eigenvalue weighted by molar-refractivity contribution is -0.126. The van der Waals surface area contributed by atoms with Gasteiger partial charge in [0, 0.05) is 58.7 Å². The standard InChI is InChI=1S/C32H58N4O6/c1-26(2)35-32(42)22-16-10-7-13-19-29(39)25-36(23-27(37)17-11-5-8-14-20-30(40)33-3)24-28(38)18-12-6-9-15-21-31(41)34-4/h26H,5-25H2,1-4H3,(H,33,40)(H,34,41)(H,35,42). The van der Waals surface area contributed by atoms with E-state index in [0.29, 0.717) is 38.5 Å². The molecule has 0 aromatic rings. The fraction of sp³-hybridized carbons (Fsp3) is 0.812. The lowest BCUT2D eigenvalue weighted by Crippen LogP contribution is -2.38. The molecule has 0 saturated carbocycles. The number of rotatable bonds is 28. The number of Topliss-reactive ketones (excluding diaryl/α,β-unsaturated/α-hetero) is 3. The number of nitrogens with zero attached hydrogens (tertiary/aromatic N) is 1. The average Bonchev–Trinajstić information content (AvgIpc) is 2.93. The van der Waals surface area contributed by atoms with Gasteiger partial charge in [0.15, 0.2) is 0 Å². The fourth-order valence-corrected chi connectivity index (χ4v) is 4.68. The first-order valence-electron chi connectivity index (χ1n) is 16.0. The van der Waals surface area contributed by atoms with Crippen molar-refractivity contribution < 1.29 is 28.8 Å². The second-order valence-electron chi connectivity index (χ2n) is 11.6. The molecule has 0 saturated heterocycles. The summed E-state index contributed by atoms with van der Waals surface area (Å²) in [5, 5.41) is 8.08. The molecular formula is C32H58N4O6. The van der Waals surface area contributed by atoms with Crippen molar-refractivity contribution in [3.05, 3.63) is 0 Å². The molecule has 0 atom stereocenters. The molecule has 0 radical (unpaired) electrons. The van der Waals surface area contributed by atoms with Gasteiger partial charge in [-0.25, -0.2) is 0 Å². The third kappa shape index (κ3) is 25.1. The van der Waals surface area contributed by atoms with Gasteiger partial charge in [-0.1, -0.05) is 38.5 Å². The number of amides is 3. The minimum atomic E-state index is 0.0222. The summed E-state index contributed by atoms with van der Waals surface area (Å²) in [7, 11) is 3.24. The zero-order valence-electron chi connectivity index (χ0n) is 26.8. The number of carbonyl (C=O) groups excluding carboxylic acids is 6. The fourth-order valence-electron chi connectivity index (χ4n) is 4.68. The first kappa shape index (κ1) is 39.4. The summed E-state index contributed by atoms with van der Waals surface area (Å²) in [5.74, 6) is 0.171. The number of hydrogen-bond donors (Lipinski definition) is 3. The number of unbranched alkanes of at least 4 members (excludes halogenated alkanes) is 9. The Hall–Kier alpha value is -2.62. The van der Waals surface area contributed by atoms with Crippen molar-refractivity contribution >= 4 is 35.1 Å². The second-order valence-corrected chi connectivity index (χ2v) is 11.6. The zero-order chi connectivity index (χ0) is 31.6. The molecule has 0 fully saturated rings.